The summed E-state index contributed by atoms with van der Waals surface area (Å²) in [5.41, 5.74) is 4.32. The van der Waals surface area contributed by atoms with Crippen LogP contribution in [-0.2, 0) is 0 Å². The third-order valence-electron chi connectivity index (χ3n) is 5.29. The second kappa shape index (κ2) is 10.7. The number of rotatable bonds is 7. The average Bonchev–Trinajstić information content (AvgIpc) is 2.84. The fraction of sp³-hybridized carbons (Fsp3) is 0.0714. The second-order valence-electron chi connectivity index (χ2n) is 7.58. The number of nitriles is 1. The number of thioether (sulfide) groups is 2. The quantitative estimate of drug-likeness (QED) is 0.162. The molecule has 0 bridgehead atoms. The van der Waals surface area contributed by atoms with Crippen LogP contribution in [0.2, 0.25) is 0 Å². The van der Waals surface area contributed by atoms with E-state index in [1.54, 1.807) is 43.3 Å². The van der Waals surface area contributed by atoms with Gasteiger partial charge in [-0.2, -0.15) is 5.26 Å². The number of nitrogens with zero attached hydrogens (tertiary/aromatic N) is 1. The Hall–Kier alpha value is -3.40. The SMILES string of the molecule is CC(=N)c1ccc(-c2ccc(SCSc3ccc(-c4ccc(C#N)cc4)c(F)c3)cc2F)cc1. The lowest BCUT2D eigenvalue weighted by Crippen LogP contribution is -1.92. The maximum absolute atomic E-state index is 14.7. The highest BCUT2D eigenvalue weighted by atomic mass is 32.2. The highest BCUT2D eigenvalue weighted by Gasteiger charge is 2.09. The van der Waals surface area contributed by atoms with Crippen LogP contribution in [0.3, 0.4) is 0 Å². The molecule has 0 atom stereocenters. The van der Waals surface area contributed by atoms with E-state index >= 15 is 0 Å². The van der Waals surface area contributed by atoms with E-state index in [9.17, 15) is 8.78 Å². The first-order valence-corrected chi connectivity index (χ1v) is 12.4. The Morgan fingerprint density at radius 3 is 1.65 bits per heavy atom. The molecule has 0 aliphatic rings. The van der Waals surface area contributed by atoms with E-state index < -0.39 is 0 Å². The molecule has 0 heterocycles. The minimum absolute atomic E-state index is 0.299. The number of hydrogen-bond acceptors (Lipinski definition) is 4. The summed E-state index contributed by atoms with van der Waals surface area (Å²) in [5.74, 6) is -0.619. The lowest BCUT2D eigenvalue weighted by Gasteiger charge is -2.09. The van der Waals surface area contributed by atoms with Gasteiger partial charge in [-0.1, -0.05) is 48.5 Å². The molecule has 0 unspecified atom stereocenters. The van der Waals surface area contributed by atoms with Crippen LogP contribution in [0.4, 0.5) is 8.78 Å². The monoisotopic (exact) mass is 486 g/mol. The van der Waals surface area contributed by atoms with Gasteiger partial charge in [-0.25, -0.2) is 8.78 Å². The Morgan fingerprint density at radius 2 is 1.24 bits per heavy atom. The average molecular weight is 487 g/mol. The fourth-order valence-electron chi connectivity index (χ4n) is 3.43. The van der Waals surface area contributed by atoms with Gasteiger partial charge in [-0.3, -0.25) is 0 Å². The number of hydrogen-bond donors (Lipinski definition) is 1. The van der Waals surface area contributed by atoms with Crippen molar-refractivity contribution in [2.24, 2.45) is 0 Å². The third-order valence-corrected chi connectivity index (χ3v) is 7.40. The molecular weight excluding hydrogens is 466 g/mol. The zero-order valence-corrected chi connectivity index (χ0v) is 19.9. The van der Waals surface area contributed by atoms with Crippen molar-refractivity contribution in [1.82, 2.24) is 0 Å². The second-order valence-corrected chi connectivity index (χ2v) is 10.0. The topological polar surface area (TPSA) is 47.6 Å². The molecule has 2 nitrogen and oxygen atoms in total. The molecule has 4 aromatic rings. The molecule has 168 valence electrons. The highest BCUT2D eigenvalue weighted by molar-refractivity contribution is 8.16. The predicted molar refractivity (Wildman–Crippen MR) is 137 cm³/mol. The summed E-state index contributed by atoms with van der Waals surface area (Å²) in [5, 5.41) is 17.2. The molecule has 0 fully saturated rings. The van der Waals surface area contributed by atoms with Crippen molar-refractivity contribution < 1.29 is 8.78 Å². The molecule has 0 aliphatic carbocycles. The van der Waals surface area contributed by atoms with Crippen LogP contribution in [-0.4, -0.2) is 10.8 Å². The minimum atomic E-state index is -0.320. The van der Waals surface area contributed by atoms with Gasteiger partial charge in [0.15, 0.2) is 0 Å². The van der Waals surface area contributed by atoms with Gasteiger partial charge in [0, 0.05) is 31.7 Å². The maximum atomic E-state index is 14.7. The molecule has 0 aromatic heterocycles. The van der Waals surface area contributed by atoms with Crippen LogP contribution in [0.25, 0.3) is 22.3 Å². The molecule has 0 saturated carbocycles. The Bertz CT molecular complexity index is 1380. The molecule has 4 aromatic carbocycles. The Balaban J connectivity index is 1.38. The molecule has 0 saturated heterocycles. The van der Waals surface area contributed by atoms with Crippen LogP contribution in [0, 0.1) is 28.4 Å². The zero-order chi connectivity index (χ0) is 24.1. The van der Waals surface area contributed by atoms with E-state index in [0.717, 1.165) is 26.5 Å². The fourth-order valence-corrected chi connectivity index (χ4v) is 5.46. The standard InChI is InChI=1S/C28H20F2N2S2/c1-18(32)20-6-8-22(9-7-20)26-13-11-24(15-28(26)30)34-17-33-23-10-12-25(27(29)14-23)21-4-2-19(16-31)3-5-21/h2-15,32H,17H2,1H3. The summed E-state index contributed by atoms with van der Waals surface area (Å²) in [6.45, 7) is 1.72. The normalized spacial score (nSPS) is 10.6. The van der Waals surface area contributed by atoms with Crippen molar-refractivity contribution in [3.05, 3.63) is 108 Å². The van der Waals surface area contributed by atoms with Gasteiger partial charge >= 0.3 is 0 Å². The number of benzene rings is 4. The Labute approximate surface area is 206 Å². The maximum Gasteiger partial charge on any atom is 0.132 e. The molecule has 0 aliphatic heterocycles. The molecule has 1 N–H and O–H groups in total. The van der Waals surface area contributed by atoms with Crippen molar-refractivity contribution in [1.29, 1.82) is 10.7 Å². The van der Waals surface area contributed by atoms with Gasteiger partial charge in [0.25, 0.3) is 0 Å². The van der Waals surface area contributed by atoms with Crippen LogP contribution in [0.1, 0.15) is 18.1 Å². The summed E-state index contributed by atoms with van der Waals surface area (Å²) >= 11 is 2.98. The molecule has 4 rings (SSSR count). The lowest BCUT2D eigenvalue weighted by atomic mass is 10.0. The van der Waals surface area contributed by atoms with Crippen molar-refractivity contribution in [2.45, 2.75) is 16.7 Å². The summed E-state index contributed by atoms with van der Waals surface area (Å²) in [6, 6.07) is 26.4. The van der Waals surface area contributed by atoms with Gasteiger partial charge in [-0.15, -0.1) is 23.5 Å². The summed E-state index contributed by atoms with van der Waals surface area (Å²) < 4.78 is 29.4. The van der Waals surface area contributed by atoms with E-state index in [2.05, 4.69) is 6.07 Å². The Morgan fingerprint density at radius 1 is 0.765 bits per heavy atom. The predicted octanol–water partition coefficient (Wildman–Crippen LogP) is 8.40. The van der Waals surface area contributed by atoms with E-state index in [4.69, 9.17) is 10.7 Å². The first kappa shape index (κ1) is 23.7. The van der Waals surface area contributed by atoms with Crippen LogP contribution in [0.15, 0.2) is 94.7 Å². The van der Waals surface area contributed by atoms with Gasteiger partial charge in [0.2, 0.25) is 0 Å². The van der Waals surface area contributed by atoms with E-state index in [0.29, 0.717) is 27.5 Å². The van der Waals surface area contributed by atoms with Crippen LogP contribution >= 0.6 is 23.5 Å². The first-order chi connectivity index (χ1) is 16.4. The van der Waals surface area contributed by atoms with Crippen molar-refractivity contribution >= 4 is 29.2 Å². The molecule has 34 heavy (non-hydrogen) atoms. The third kappa shape index (κ3) is 5.56. The smallest absolute Gasteiger partial charge is 0.132 e. The van der Waals surface area contributed by atoms with Crippen molar-refractivity contribution in [3.63, 3.8) is 0 Å². The van der Waals surface area contributed by atoms with Crippen LogP contribution < -0.4 is 0 Å². The van der Waals surface area contributed by atoms with Gasteiger partial charge in [-0.05, 0) is 60.0 Å². The summed E-state index contributed by atoms with van der Waals surface area (Å²) in [6.07, 6.45) is 0. The number of nitrogens with one attached hydrogen (secondary N) is 1. The van der Waals surface area contributed by atoms with E-state index in [-0.39, 0.29) is 11.6 Å². The van der Waals surface area contributed by atoms with Gasteiger partial charge in [0.1, 0.15) is 11.6 Å². The highest BCUT2D eigenvalue weighted by Crippen LogP contribution is 2.33. The zero-order valence-electron chi connectivity index (χ0n) is 18.3. The molecule has 0 radical (unpaired) electrons. The number of halogens is 2. The van der Waals surface area contributed by atoms with Gasteiger partial charge in [0.05, 0.1) is 11.6 Å². The van der Waals surface area contributed by atoms with Crippen LogP contribution in [0.5, 0.6) is 0 Å². The first-order valence-electron chi connectivity index (χ1n) is 10.5. The van der Waals surface area contributed by atoms with Crippen molar-refractivity contribution in [3.8, 4) is 28.3 Å². The summed E-state index contributed by atoms with van der Waals surface area (Å²) in [7, 11) is 0. The molecule has 0 amide bonds. The Kier molecular flexibility index (Phi) is 7.46. The molecular formula is C28H20F2N2S2. The molecule has 0 spiro atoms. The lowest BCUT2D eigenvalue weighted by molar-refractivity contribution is 0.627. The largest absolute Gasteiger partial charge is 0.305 e. The van der Waals surface area contributed by atoms with Crippen molar-refractivity contribution in [2.75, 3.05) is 5.08 Å². The summed E-state index contributed by atoms with van der Waals surface area (Å²) in [4.78, 5) is 1.59. The van der Waals surface area contributed by atoms with E-state index in [1.165, 1.54) is 35.7 Å². The molecule has 6 heteroatoms. The minimum Gasteiger partial charge on any atom is -0.305 e. The van der Waals surface area contributed by atoms with Gasteiger partial charge < -0.3 is 5.41 Å². The van der Waals surface area contributed by atoms with E-state index in [1.807, 2.05) is 36.4 Å².